The summed E-state index contributed by atoms with van der Waals surface area (Å²) >= 11 is 0. The number of hydrogen-bond acceptors (Lipinski definition) is 6. The first-order valence-corrected chi connectivity index (χ1v) is 12.0. The highest BCUT2D eigenvalue weighted by Crippen LogP contribution is 2.51. The third-order valence-electron chi connectivity index (χ3n) is 7.18. The van der Waals surface area contributed by atoms with Crippen LogP contribution in [0.25, 0.3) is 11.3 Å². The molecule has 8 nitrogen and oxygen atoms in total. The van der Waals surface area contributed by atoms with E-state index in [2.05, 4.69) is 4.98 Å². The van der Waals surface area contributed by atoms with Gasteiger partial charge in [0.05, 0.1) is 31.3 Å². The van der Waals surface area contributed by atoms with E-state index in [-0.39, 0.29) is 18.2 Å². The second kappa shape index (κ2) is 9.06. The van der Waals surface area contributed by atoms with Gasteiger partial charge in [-0.05, 0) is 52.2 Å². The molecule has 1 atom stereocenters. The van der Waals surface area contributed by atoms with Gasteiger partial charge in [-0.3, -0.25) is 9.36 Å². The van der Waals surface area contributed by atoms with Gasteiger partial charge in [0.1, 0.15) is 11.4 Å². The molecule has 0 unspecified atom stereocenters. The predicted octanol–water partition coefficient (Wildman–Crippen LogP) is 3.85. The fourth-order valence-corrected chi connectivity index (χ4v) is 5.41. The number of para-hydroxylation sites is 1. The smallest absolute Gasteiger partial charge is 0.410 e. The molecule has 2 fully saturated rings. The monoisotopic (exact) mass is 469 g/mol. The Bertz CT molecular complexity index is 1100. The predicted molar refractivity (Wildman–Crippen MR) is 129 cm³/mol. The molecule has 2 heterocycles. The van der Waals surface area contributed by atoms with Gasteiger partial charge < -0.3 is 19.5 Å². The summed E-state index contributed by atoms with van der Waals surface area (Å²) in [6.07, 6.45) is 5.14. The summed E-state index contributed by atoms with van der Waals surface area (Å²) in [5.41, 5.74) is -1.11. The summed E-state index contributed by atoms with van der Waals surface area (Å²) < 4.78 is 12.5. The van der Waals surface area contributed by atoms with Gasteiger partial charge in [-0.25, -0.2) is 9.78 Å². The van der Waals surface area contributed by atoms with Crippen LogP contribution in [0.5, 0.6) is 5.75 Å². The number of likely N-dealkylation sites (tertiary alicyclic amines) is 1. The molecule has 1 spiro atoms. The Labute approximate surface area is 200 Å². The summed E-state index contributed by atoms with van der Waals surface area (Å²) in [5.74, 6) is 0.644. The van der Waals surface area contributed by atoms with Crippen LogP contribution >= 0.6 is 0 Å². The highest BCUT2D eigenvalue weighted by Gasteiger charge is 2.56. The molecule has 0 radical (unpaired) electrons. The third-order valence-corrected chi connectivity index (χ3v) is 7.18. The zero-order valence-electron chi connectivity index (χ0n) is 20.5. The Kier molecular flexibility index (Phi) is 6.46. The minimum atomic E-state index is -1.11. The highest BCUT2D eigenvalue weighted by molar-refractivity contribution is 5.68. The minimum Gasteiger partial charge on any atom is -0.496 e. The molecule has 1 saturated heterocycles. The largest absolute Gasteiger partial charge is 0.496 e. The number of amides is 1. The van der Waals surface area contributed by atoms with Gasteiger partial charge in [-0.2, -0.15) is 0 Å². The lowest BCUT2D eigenvalue weighted by atomic mass is 9.66. The van der Waals surface area contributed by atoms with Crippen LogP contribution in [0.1, 0.15) is 52.9 Å². The lowest BCUT2D eigenvalue weighted by molar-refractivity contribution is -0.140. The van der Waals surface area contributed by atoms with Crippen LogP contribution in [0.4, 0.5) is 4.79 Å². The topological polar surface area (TPSA) is 93.9 Å². The zero-order chi connectivity index (χ0) is 24.6. The van der Waals surface area contributed by atoms with E-state index in [1.165, 1.54) is 17.0 Å². The van der Waals surface area contributed by atoms with Crippen molar-refractivity contribution in [3.63, 3.8) is 0 Å². The maximum Gasteiger partial charge on any atom is 0.410 e. The average molecular weight is 470 g/mol. The molecule has 0 bridgehead atoms. The molecule has 1 aromatic carbocycles. The lowest BCUT2D eigenvalue weighted by Gasteiger charge is -2.52. The van der Waals surface area contributed by atoms with Crippen LogP contribution in [0.3, 0.4) is 0 Å². The number of ether oxygens (including phenoxy) is 2. The number of benzene rings is 1. The maximum atomic E-state index is 13.0. The standard InChI is InChI=1S/C26H35N3O5/c1-24(2,3)34-23(31)28-14-13-26(32,25(16-28)11-7-8-12-25)17-29-18-27-20(15-22(29)30)19-9-5-6-10-21(19)33-4/h5-6,9-10,15,18,32H,7-8,11-14,16-17H2,1-4H3/t26-/m1/s1. The van der Waals surface area contributed by atoms with Crippen molar-refractivity contribution in [3.8, 4) is 17.0 Å². The van der Waals surface area contributed by atoms with E-state index in [4.69, 9.17) is 9.47 Å². The summed E-state index contributed by atoms with van der Waals surface area (Å²) in [7, 11) is 1.58. The molecule has 1 amide bonds. The second-order valence-corrected chi connectivity index (χ2v) is 10.6. The molecule has 1 aliphatic heterocycles. The van der Waals surface area contributed by atoms with E-state index in [0.717, 1.165) is 31.2 Å². The Morgan fingerprint density at radius 2 is 1.88 bits per heavy atom. The number of carbonyl (C=O) groups excluding carboxylic acids is 1. The van der Waals surface area contributed by atoms with Crippen molar-refractivity contribution >= 4 is 6.09 Å². The van der Waals surface area contributed by atoms with Crippen molar-refractivity contribution in [2.45, 2.75) is 70.6 Å². The Hall–Kier alpha value is -2.87. The molecule has 8 heteroatoms. The van der Waals surface area contributed by atoms with Crippen molar-refractivity contribution < 1.29 is 19.4 Å². The molecule has 1 aliphatic carbocycles. The van der Waals surface area contributed by atoms with E-state index >= 15 is 0 Å². The van der Waals surface area contributed by atoms with Crippen LogP contribution < -0.4 is 10.3 Å². The number of hydrogen-bond donors (Lipinski definition) is 1. The summed E-state index contributed by atoms with van der Waals surface area (Å²) in [6.45, 7) is 6.52. The van der Waals surface area contributed by atoms with E-state index < -0.39 is 16.6 Å². The zero-order valence-corrected chi connectivity index (χ0v) is 20.5. The molecule has 1 aromatic heterocycles. The molecular formula is C26H35N3O5. The molecule has 184 valence electrons. The van der Waals surface area contributed by atoms with Crippen molar-refractivity contribution in [2.75, 3.05) is 20.2 Å². The summed E-state index contributed by atoms with van der Waals surface area (Å²) in [4.78, 5) is 32.0. The number of aliphatic hydroxyl groups is 1. The Morgan fingerprint density at radius 3 is 2.53 bits per heavy atom. The second-order valence-electron chi connectivity index (χ2n) is 10.6. The van der Waals surface area contributed by atoms with Gasteiger partial charge in [-0.1, -0.05) is 25.0 Å². The third kappa shape index (κ3) is 4.69. The molecule has 1 N–H and O–H groups in total. The van der Waals surface area contributed by atoms with Gasteiger partial charge in [-0.15, -0.1) is 0 Å². The van der Waals surface area contributed by atoms with Gasteiger partial charge in [0.25, 0.3) is 5.56 Å². The van der Waals surface area contributed by atoms with Crippen LogP contribution in [-0.4, -0.2) is 57.1 Å². The molecule has 4 rings (SSSR count). The number of piperidine rings is 1. The minimum absolute atomic E-state index is 0.146. The molecular weight excluding hydrogens is 434 g/mol. The number of carbonyl (C=O) groups is 1. The van der Waals surface area contributed by atoms with Crippen molar-refractivity contribution in [2.24, 2.45) is 5.41 Å². The maximum absolute atomic E-state index is 13.0. The van der Waals surface area contributed by atoms with Crippen LogP contribution in [0.2, 0.25) is 0 Å². The van der Waals surface area contributed by atoms with Crippen molar-refractivity contribution in [1.82, 2.24) is 14.5 Å². The van der Waals surface area contributed by atoms with Crippen molar-refractivity contribution in [3.05, 3.63) is 47.0 Å². The fraction of sp³-hybridized carbons (Fsp3) is 0.577. The first-order chi connectivity index (χ1) is 16.1. The fourth-order valence-electron chi connectivity index (χ4n) is 5.41. The summed E-state index contributed by atoms with van der Waals surface area (Å²) in [5, 5.41) is 11.9. The van der Waals surface area contributed by atoms with E-state index in [1.54, 1.807) is 12.0 Å². The SMILES string of the molecule is COc1ccccc1-c1cc(=O)n(C[C@]2(O)CCN(C(=O)OC(C)(C)C)CC23CCCC3)cn1. The average Bonchev–Trinajstić information content (AvgIpc) is 3.26. The van der Waals surface area contributed by atoms with Crippen LogP contribution in [0.15, 0.2) is 41.5 Å². The number of methoxy groups -OCH3 is 1. The number of aromatic nitrogens is 2. The number of rotatable bonds is 4. The van der Waals surface area contributed by atoms with Crippen molar-refractivity contribution in [1.29, 1.82) is 0 Å². The van der Waals surface area contributed by atoms with E-state index in [1.807, 2.05) is 45.0 Å². The highest BCUT2D eigenvalue weighted by atomic mass is 16.6. The first-order valence-electron chi connectivity index (χ1n) is 12.0. The normalized spacial score (nSPS) is 22.1. The van der Waals surface area contributed by atoms with Crippen LogP contribution in [-0.2, 0) is 11.3 Å². The lowest BCUT2D eigenvalue weighted by Crippen LogP contribution is -2.62. The summed E-state index contributed by atoms with van der Waals surface area (Å²) in [6, 6.07) is 8.91. The van der Waals surface area contributed by atoms with Gasteiger partial charge in [0, 0.05) is 30.1 Å². The van der Waals surface area contributed by atoms with E-state index in [9.17, 15) is 14.7 Å². The molecule has 2 aliphatic rings. The quantitative estimate of drug-likeness (QED) is 0.731. The van der Waals surface area contributed by atoms with Crippen LogP contribution in [0, 0.1) is 5.41 Å². The Balaban J connectivity index is 1.58. The first kappa shape index (κ1) is 24.3. The van der Waals surface area contributed by atoms with Gasteiger partial charge in [0.2, 0.25) is 0 Å². The molecule has 34 heavy (non-hydrogen) atoms. The number of nitrogens with zero attached hydrogens (tertiary/aromatic N) is 3. The van der Waals surface area contributed by atoms with Gasteiger partial charge >= 0.3 is 6.09 Å². The molecule has 1 saturated carbocycles. The van der Waals surface area contributed by atoms with E-state index in [0.29, 0.717) is 31.0 Å². The Morgan fingerprint density at radius 1 is 1.18 bits per heavy atom. The molecule has 2 aromatic rings. The van der Waals surface area contributed by atoms with Gasteiger partial charge in [0.15, 0.2) is 0 Å².